The molecule has 1 atom stereocenters. The third-order valence-electron chi connectivity index (χ3n) is 4.45. The van der Waals surface area contributed by atoms with Crippen LogP contribution in [0.3, 0.4) is 0 Å². The van der Waals surface area contributed by atoms with Crippen molar-refractivity contribution in [2.75, 3.05) is 0 Å². The van der Waals surface area contributed by atoms with Gasteiger partial charge in [0.2, 0.25) is 10.0 Å². The van der Waals surface area contributed by atoms with Crippen LogP contribution in [0.4, 0.5) is 0 Å². The molecule has 0 amide bonds. The lowest BCUT2D eigenvalue weighted by Gasteiger charge is -2.15. The van der Waals surface area contributed by atoms with Crippen LogP contribution >= 0.6 is 0 Å². The van der Waals surface area contributed by atoms with E-state index in [1.165, 1.54) is 12.1 Å². The second-order valence-corrected chi connectivity index (χ2v) is 8.33. The van der Waals surface area contributed by atoms with Crippen molar-refractivity contribution in [3.63, 3.8) is 0 Å². The number of aliphatic carboxylic acids is 1. The Bertz CT molecular complexity index is 1090. The van der Waals surface area contributed by atoms with Crippen molar-refractivity contribution in [3.8, 4) is 22.4 Å². The Morgan fingerprint density at radius 3 is 2.14 bits per heavy atom. The quantitative estimate of drug-likeness (QED) is 0.653. The van der Waals surface area contributed by atoms with E-state index < -0.39 is 21.9 Å². The van der Waals surface area contributed by atoms with E-state index >= 15 is 0 Å². The van der Waals surface area contributed by atoms with Crippen LogP contribution in [-0.2, 0) is 14.8 Å². The summed E-state index contributed by atoms with van der Waals surface area (Å²) in [4.78, 5) is 11.8. The monoisotopic (exact) mass is 400 g/mol. The zero-order valence-corrected chi connectivity index (χ0v) is 16.2. The number of hydrogen-bond acceptors (Lipinski definition) is 5. The van der Waals surface area contributed by atoms with E-state index in [-0.39, 0.29) is 16.6 Å². The Balaban J connectivity index is 2.24. The average Bonchev–Trinajstić information content (AvgIpc) is 3.05. The lowest BCUT2D eigenvalue weighted by atomic mass is 9.87. The number of nitrogens with two attached hydrogens (primary N) is 1. The van der Waals surface area contributed by atoms with Crippen molar-refractivity contribution < 1.29 is 22.8 Å². The zero-order valence-electron chi connectivity index (χ0n) is 15.4. The molecule has 0 aliphatic heterocycles. The van der Waals surface area contributed by atoms with Crippen molar-refractivity contribution in [2.45, 2.75) is 24.7 Å². The van der Waals surface area contributed by atoms with Gasteiger partial charge < -0.3 is 9.63 Å². The molecule has 146 valence electrons. The third kappa shape index (κ3) is 3.83. The minimum Gasteiger partial charge on any atom is -0.481 e. The van der Waals surface area contributed by atoms with Crippen molar-refractivity contribution >= 4 is 16.0 Å². The molecule has 2 aromatic carbocycles. The summed E-state index contributed by atoms with van der Waals surface area (Å²) in [5.74, 6) is -1.94. The molecule has 0 saturated heterocycles. The van der Waals surface area contributed by atoms with E-state index in [1.807, 2.05) is 30.3 Å². The number of sulfonamides is 1. The van der Waals surface area contributed by atoms with Crippen molar-refractivity contribution in [2.24, 2.45) is 11.1 Å². The number of benzene rings is 2. The van der Waals surface area contributed by atoms with Gasteiger partial charge in [-0.3, -0.25) is 4.79 Å². The fourth-order valence-corrected chi connectivity index (χ4v) is 3.61. The van der Waals surface area contributed by atoms with Gasteiger partial charge in [-0.15, -0.1) is 0 Å². The molecular formula is C20H20N2O5S. The van der Waals surface area contributed by atoms with Crippen LogP contribution < -0.4 is 5.14 Å². The van der Waals surface area contributed by atoms with E-state index in [9.17, 15) is 18.3 Å². The minimum absolute atomic E-state index is 0.0332. The highest BCUT2D eigenvalue weighted by molar-refractivity contribution is 7.89. The maximum absolute atomic E-state index is 11.9. The topological polar surface area (TPSA) is 123 Å². The van der Waals surface area contributed by atoms with Crippen molar-refractivity contribution in [1.82, 2.24) is 5.16 Å². The summed E-state index contributed by atoms with van der Waals surface area (Å²) in [7, 11) is -3.84. The Morgan fingerprint density at radius 1 is 1.04 bits per heavy atom. The van der Waals surface area contributed by atoms with Crippen LogP contribution in [0, 0.1) is 5.92 Å². The highest BCUT2D eigenvalue weighted by atomic mass is 32.2. The van der Waals surface area contributed by atoms with Crippen molar-refractivity contribution in [1.29, 1.82) is 0 Å². The first-order chi connectivity index (χ1) is 13.2. The van der Waals surface area contributed by atoms with Gasteiger partial charge in [-0.1, -0.05) is 61.5 Å². The highest BCUT2D eigenvalue weighted by Crippen LogP contribution is 2.40. The lowest BCUT2D eigenvalue weighted by molar-refractivity contribution is -0.140. The number of rotatable bonds is 6. The molecule has 0 spiro atoms. The van der Waals surface area contributed by atoms with Gasteiger partial charge in [-0.2, -0.15) is 0 Å². The Hall–Kier alpha value is -2.97. The molecule has 1 aromatic heterocycles. The van der Waals surface area contributed by atoms with Crippen LogP contribution in [-0.4, -0.2) is 24.7 Å². The third-order valence-corrected chi connectivity index (χ3v) is 5.38. The summed E-state index contributed by atoms with van der Waals surface area (Å²) in [6.07, 6.45) is 0. The number of primary sulfonamides is 1. The van der Waals surface area contributed by atoms with Crippen LogP contribution in [0.5, 0.6) is 0 Å². The number of carboxylic acids is 1. The molecule has 3 N–H and O–H groups in total. The van der Waals surface area contributed by atoms with E-state index in [2.05, 4.69) is 5.16 Å². The maximum Gasteiger partial charge on any atom is 0.314 e. The molecule has 1 heterocycles. The fourth-order valence-electron chi connectivity index (χ4n) is 3.10. The van der Waals surface area contributed by atoms with Gasteiger partial charge in [0, 0.05) is 5.56 Å². The molecule has 28 heavy (non-hydrogen) atoms. The van der Waals surface area contributed by atoms with Crippen molar-refractivity contribution in [3.05, 3.63) is 60.4 Å². The summed E-state index contributed by atoms with van der Waals surface area (Å²) in [5.41, 5.74) is 2.37. The molecule has 7 nitrogen and oxygen atoms in total. The van der Waals surface area contributed by atoms with E-state index in [4.69, 9.17) is 9.66 Å². The van der Waals surface area contributed by atoms with Crippen LogP contribution in [0.1, 0.15) is 25.5 Å². The van der Waals surface area contributed by atoms with Gasteiger partial charge in [0.1, 0.15) is 11.6 Å². The summed E-state index contributed by atoms with van der Waals surface area (Å²) >= 11 is 0. The number of carboxylic acid groups (broad SMARTS) is 1. The largest absolute Gasteiger partial charge is 0.481 e. The number of hydrogen-bond donors (Lipinski definition) is 2. The standard InChI is InChI=1S/C20H20N2O5S/c1-12(2)16(20(23)24)19-17(13-8-10-15(11-9-13)28(21,25)26)18(22-27-19)14-6-4-3-5-7-14/h3-12,16H,1-2H3,(H,23,24)(H2,21,25,26). The molecule has 0 aliphatic rings. The molecule has 3 rings (SSSR count). The molecule has 0 fully saturated rings. The van der Waals surface area contributed by atoms with Crippen LogP contribution in [0.15, 0.2) is 64.0 Å². The molecule has 0 saturated carbocycles. The van der Waals surface area contributed by atoms with Gasteiger partial charge in [-0.25, -0.2) is 13.6 Å². The molecule has 0 bridgehead atoms. The van der Waals surface area contributed by atoms with Gasteiger partial charge in [0.15, 0.2) is 5.76 Å². The average molecular weight is 400 g/mol. The highest BCUT2D eigenvalue weighted by Gasteiger charge is 2.33. The predicted octanol–water partition coefficient (Wildman–Crippen LogP) is 3.48. The first-order valence-corrected chi connectivity index (χ1v) is 10.2. The predicted molar refractivity (Wildman–Crippen MR) is 104 cm³/mol. The molecule has 3 aromatic rings. The summed E-state index contributed by atoms with van der Waals surface area (Å²) in [5, 5.41) is 19.0. The lowest BCUT2D eigenvalue weighted by Crippen LogP contribution is -2.17. The van der Waals surface area contributed by atoms with E-state index in [0.29, 0.717) is 16.8 Å². The molecular weight excluding hydrogens is 380 g/mol. The number of carbonyl (C=O) groups is 1. The summed E-state index contributed by atoms with van der Waals surface area (Å²) < 4.78 is 28.6. The summed E-state index contributed by atoms with van der Waals surface area (Å²) in [6, 6.07) is 15.1. The SMILES string of the molecule is CC(C)C(C(=O)O)c1onc(-c2ccccc2)c1-c1ccc(S(N)(=O)=O)cc1. The summed E-state index contributed by atoms with van der Waals surface area (Å²) in [6.45, 7) is 3.58. The van der Waals surface area contributed by atoms with Gasteiger partial charge >= 0.3 is 5.97 Å². The normalized spacial score (nSPS) is 12.9. The Morgan fingerprint density at radius 2 is 1.64 bits per heavy atom. The van der Waals surface area contributed by atoms with Crippen LogP contribution in [0.25, 0.3) is 22.4 Å². The molecule has 1 unspecified atom stereocenters. The van der Waals surface area contributed by atoms with Gasteiger partial charge in [-0.05, 0) is 23.6 Å². The Kier molecular flexibility index (Phi) is 5.35. The first-order valence-electron chi connectivity index (χ1n) is 8.61. The first kappa shape index (κ1) is 19.8. The van der Waals surface area contributed by atoms with Crippen LogP contribution in [0.2, 0.25) is 0 Å². The maximum atomic E-state index is 11.9. The van der Waals surface area contributed by atoms with E-state index in [1.54, 1.807) is 26.0 Å². The second-order valence-electron chi connectivity index (χ2n) is 6.77. The van der Waals surface area contributed by atoms with E-state index in [0.717, 1.165) is 5.56 Å². The minimum atomic E-state index is -3.84. The number of aromatic nitrogens is 1. The number of nitrogens with zero attached hydrogens (tertiary/aromatic N) is 1. The zero-order chi connectivity index (χ0) is 20.5. The molecule has 0 radical (unpaired) electrons. The molecule has 8 heteroatoms. The molecule has 0 aliphatic carbocycles. The van der Waals surface area contributed by atoms with Gasteiger partial charge in [0.05, 0.1) is 10.5 Å². The fraction of sp³-hybridized carbons (Fsp3) is 0.200. The Labute approximate surface area is 162 Å². The van der Waals surface area contributed by atoms with Gasteiger partial charge in [0.25, 0.3) is 0 Å². The smallest absolute Gasteiger partial charge is 0.314 e. The second kappa shape index (κ2) is 7.57.